The number of carbonyl (C=O) groups is 2. The Bertz CT molecular complexity index is 1120. The highest BCUT2D eigenvalue weighted by Gasteiger charge is 2.31. The van der Waals surface area contributed by atoms with Crippen molar-refractivity contribution in [2.45, 2.75) is 43.3 Å². The topological polar surface area (TPSA) is 83.5 Å². The van der Waals surface area contributed by atoms with Gasteiger partial charge in [0.05, 0.1) is 16.5 Å². The Hall–Kier alpha value is -2.95. The Morgan fingerprint density at radius 2 is 1.82 bits per heavy atom. The van der Waals surface area contributed by atoms with Gasteiger partial charge in [0.15, 0.2) is 9.84 Å². The van der Waals surface area contributed by atoms with E-state index in [0.29, 0.717) is 24.5 Å². The van der Waals surface area contributed by atoms with Crippen molar-refractivity contribution in [3.05, 3.63) is 65.0 Å². The lowest BCUT2D eigenvalue weighted by Gasteiger charge is -2.16. The lowest BCUT2D eigenvalue weighted by molar-refractivity contribution is -0.137. The Labute approximate surface area is 197 Å². The fourth-order valence-electron chi connectivity index (χ4n) is 3.46. The van der Waals surface area contributed by atoms with E-state index in [4.69, 9.17) is 0 Å². The van der Waals surface area contributed by atoms with Crippen LogP contribution in [-0.4, -0.2) is 45.0 Å². The largest absolute Gasteiger partial charge is 0.416 e. The summed E-state index contributed by atoms with van der Waals surface area (Å²) in [5.41, 5.74) is -0.540. The van der Waals surface area contributed by atoms with Crippen molar-refractivity contribution in [3.8, 4) is 0 Å². The van der Waals surface area contributed by atoms with Gasteiger partial charge in [-0.1, -0.05) is 19.1 Å². The first kappa shape index (κ1) is 27.3. The van der Waals surface area contributed by atoms with Crippen LogP contribution < -0.4 is 5.32 Å². The second-order valence-electron chi connectivity index (χ2n) is 7.78. The van der Waals surface area contributed by atoms with Gasteiger partial charge in [-0.3, -0.25) is 9.59 Å². The van der Waals surface area contributed by atoms with Crippen molar-refractivity contribution < 1.29 is 37.0 Å². The van der Waals surface area contributed by atoms with E-state index in [9.17, 15) is 35.6 Å². The van der Waals surface area contributed by atoms with Crippen molar-refractivity contribution in [3.63, 3.8) is 0 Å². The predicted molar refractivity (Wildman–Crippen MR) is 120 cm³/mol. The number of nitrogens with zero attached hydrogens (tertiary/aromatic N) is 1. The molecule has 1 aliphatic heterocycles. The van der Waals surface area contributed by atoms with Gasteiger partial charge in [0.2, 0.25) is 6.41 Å². The minimum atomic E-state index is -4.57. The molecule has 1 aliphatic rings. The van der Waals surface area contributed by atoms with Crippen molar-refractivity contribution in [2.75, 3.05) is 19.3 Å². The lowest BCUT2D eigenvalue weighted by atomic mass is 10.0. The summed E-state index contributed by atoms with van der Waals surface area (Å²) in [5, 5.41) is 2.35. The molecule has 0 bridgehead atoms. The Morgan fingerprint density at radius 1 is 1.18 bits per heavy atom. The van der Waals surface area contributed by atoms with Crippen LogP contribution in [0.25, 0.3) is 0 Å². The molecule has 1 N–H and O–H groups in total. The zero-order chi connectivity index (χ0) is 25.5. The highest BCUT2D eigenvalue weighted by atomic mass is 32.2. The van der Waals surface area contributed by atoms with E-state index in [0.717, 1.165) is 44.3 Å². The number of hydrogen-bond donors (Lipinski definition) is 1. The molecule has 2 aromatic carbocycles. The van der Waals surface area contributed by atoms with Gasteiger partial charge in [0.1, 0.15) is 5.82 Å². The van der Waals surface area contributed by atoms with E-state index in [1.807, 2.05) is 0 Å². The highest BCUT2D eigenvalue weighted by Crippen LogP contribution is 2.31. The maximum Gasteiger partial charge on any atom is 0.416 e. The monoisotopic (exact) mass is 504 g/mol. The van der Waals surface area contributed by atoms with E-state index < -0.39 is 33.4 Å². The third-order valence-corrected chi connectivity index (χ3v) is 6.39. The highest BCUT2D eigenvalue weighted by molar-refractivity contribution is 7.90. The molecule has 0 spiro atoms. The molecular formula is C23H28F4N2O4S. The van der Waals surface area contributed by atoms with Crippen LogP contribution in [0.3, 0.4) is 0 Å². The fraction of sp³-hybridized carbons (Fsp3) is 0.391. The molecular weight excluding hydrogens is 476 g/mol. The first-order valence-electron chi connectivity index (χ1n) is 10.5. The molecule has 1 fully saturated rings. The molecule has 0 aromatic heterocycles. The molecule has 6 nitrogen and oxygen atoms in total. The molecule has 0 aliphatic carbocycles. The number of nitrogens with one attached hydrogen (secondary N) is 1. The minimum absolute atomic E-state index is 0. The zero-order valence-corrected chi connectivity index (χ0v) is 19.5. The number of rotatable bonds is 6. The standard InChI is InChI=1S/C12H15NO3S.C11H11F4NO.H2/c1-17(15,16)11-6-4-5-10(9-11)12(14)13-7-2-3-8-13;1-2-10(16-6-17)8-4-3-7(5-9(8)12)11(13,14)15;/h4-6,9H,2-3,7-8H2,1H3;3-6,10H,2H2,1H3,(H,16,17);1H/t;10-;/m.1./s1. The summed E-state index contributed by atoms with van der Waals surface area (Å²) in [5.74, 6) is -1.05. The normalized spacial score (nSPS) is 14.7. The van der Waals surface area contributed by atoms with E-state index in [2.05, 4.69) is 5.32 Å². The SMILES string of the molecule is CC[C@@H](NC=O)c1ccc(C(F)(F)F)cc1F.CS(=O)(=O)c1cccc(C(=O)N2CCCC2)c1.[HH]. The van der Waals surface area contributed by atoms with Crippen molar-refractivity contribution in [1.29, 1.82) is 0 Å². The number of sulfone groups is 1. The Kier molecular flexibility index (Phi) is 9.20. The molecule has 1 atom stereocenters. The van der Waals surface area contributed by atoms with E-state index in [1.54, 1.807) is 24.0 Å². The minimum Gasteiger partial charge on any atom is -0.352 e. The maximum absolute atomic E-state index is 13.5. The van der Waals surface area contributed by atoms with E-state index >= 15 is 0 Å². The summed E-state index contributed by atoms with van der Waals surface area (Å²) in [7, 11) is -3.25. The molecule has 188 valence electrons. The quantitative estimate of drug-likeness (QED) is 0.460. The van der Waals surface area contributed by atoms with Gasteiger partial charge in [0, 0.05) is 31.9 Å². The summed E-state index contributed by atoms with van der Waals surface area (Å²) >= 11 is 0. The van der Waals surface area contributed by atoms with Gasteiger partial charge in [-0.2, -0.15) is 13.2 Å². The molecule has 34 heavy (non-hydrogen) atoms. The van der Waals surface area contributed by atoms with Crippen LogP contribution in [0, 0.1) is 5.82 Å². The first-order chi connectivity index (χ1) is 15.9. The van der Waals surface area contributed by atoms with Crippen molar-refractivity contribution >= 4 is 22.2 Å². The molecule has 3 rings (SSSR count). The zero-order valence-electron chi connectivity index (χ0n) is 18.7. The number of halogens is 4. The number of alkyl halides is 3. The van der Waals surface area contributed by atoms with Gasteiger partial charge in [-0.25, -0.2) is 12.8 Å². The molecule has 2 aromatic rings. The average Bonchev–Trinajstić information content (AvgIpc) is 3.31. The number of carbonyl (C=O) groups excluding carboxylic acids is 2. The summed E-state index contributed by atoms with van der Waals surface area (Å²) in [4.78, 5) is 24.3. The van der Waals surface area contributed by atoms with Gasteiger partial charge in [-0.15, -0.1) is 0 Å². The van der Waals surface area contributed by atoms with Crippen molar-refractivity contribution in [1.82, 2.24) is 10.2 Å². The van der Waals surface area contributed by atoms with Gasteiger partial charge >= 0.3 is 6.18 Å². The Balaban J connectivity index is 0.000000340. The first-order valence-corrected chi connectivity index (χ1v) is 12.4. The van der Waals surface area contributed by atoms with Crippen LogP contribution >= 0.6 is 0 Å². The van der Waals surface area contributed by atoms with Crippen LogP contribution in [0.15, 0.2) is 47.4 Å². The van der Waals surface area contributed by atoms with Crippen LogP contribution in [0.1, 0.15) is 55.1 Å². The fourth-order valence-corrected chi connectivity index (χ4v) is 4.13. The van der Waals surface area contributed by atoms with Crippen LogP contribution in [0.5, 0.6) is 0 Å². The van der Waals surface area contributed by atoms with Crippen LogP contribution in [0.2, 0.25) is 0 Å². The lowest BCUT2D eigenvalue weighted by Crippen LogP contribution is -2.27. The predicted octanol–water partition coefficient (Wildman–Crippen LogP) is 4.61. The molecule has 1 saturated heterocycles. The smallest absolute Gasteiger partial charge is 0.352 e. The number of benzene rings is 2. The second kappa shape index (κ2) is 11.5. The summed E-state index contributed by atoms with van der Waals surface area (Å²) in [6, 6.07) is 7.90. The summed E-state index contributed by atoms with van der Waals surface area (Å²) in [6.07, 6.45) is -0.590. The molecule has 0 unspecified atom stereocenters. The average molecular weight is 505 g/mol. The summed E-state index contributed by atoms with van der Waals surface area (Å²) in [6.45, 7) is 3.22. The van der Waals surface area contributed by atoms with Crippen molar-refractivity contribution in [2.24, 2.45) is 0 Å². The maximum atomic E-state index is 13.5. The number of amides is 2. The molecule has 0 saturated carbocycles. The van der Waals surface area contributed by atoms with Crippen LogP contribution in [-0.2, 0) is 20.8 Å². The molecule has 1 heterocycles. The summed E-state index contributed by atoms with van der Waals surface area (Å²) < 4.78 is 73.2. The number of likely N-dealkylation sites (tertiary alicyclic amines) is 1. The third kappa shape index (κ3) is 7.28. The van der Waals surface area contributed by atoms with Gasteiger partial charge < -0.3 is 10.2 Å². The third-order valence-electron chi connectivity index (χ3n) is 5.28. The number of hydrogen-bond acceptors (Lipinski definition) is 4. The van der Waals surface area contributed by atoms with Gasteiger partial charge in [0.25, 0.3) is 5.91 Å². The molecule has 11 heteroatoms. The second-order valence-corrected chi connectivity index (χ2v) is 9.79. The molecule has 0 radical (unpaired) electrons. The Morgan fingerprint density at radius 3 is 2.32 bits per heavy atom. The van der Waals surface area contributed by atoms with E-state index in [-0.39, 0.29) is 17.8 Å². The van der Waals surface area contributed by atoms with Gasteiger partial charge in [-0.05, 0) is 49.6 Å². The molecule has 2 amide bonds. The van der Waals surface area contributed by atoms with E-state index in [1.165, 1.54) is 12.1 Å². The van der Waals surface area contributed by atoms with Crippen LogP contribution in [0.4, 0.5) is 17.6 Å².